The third kappa shape index (κ3) is 4.56. The summed E-state index contributed by atoms with van der Waals surface area (Å²) >= 11 is 0. The summed E-state index contributed by atoms with van der Waals surface area (Å²) in [7, 11) is 0. The van der Waals surface area contributed by atoms with E-state index >= 15 is 0 Å². The number of amides is 1. The Kier molecular flexibility index (Phi) is 5.02. The molecule has 17 heavy (non-hydrogen) atoms. The normalized spacial score (nSPS) is 9.76. The van der Waals surface area contributed by atoms with Crippen LogP contribution in [-0.2, 0) is 0 Å². The third-order valence-electron chi connectivity index (χ3n) is 2.24. The van der Waals surface area contributed by atoms with E-state index in [-0.39, 0.29) is 6.42 Å². The van der Waals surface area contributed by atoms with Gasteiger partial charge in [-0.2, -0.15) is 5.26 Å². The molecule has 90 valence electrons. The number of hydrogen-bond acceptors (Lipinski definition) is 3. The van der Waals surface area contributed by atoms with E-state index in [0.717, 1.165) is 5.56 Å². The lowest BCUT2D eigenvalue weighted by molar-refractivity contribution is 0.200. The second kappa shape index (κ2) is 6.54. The maximum absolute atomic E-state index is 11.3. The molecule has 0 aliphatic rings. The summed E-state index contributed by atoms with van der Waals surface area (Å²) < 4.78 is 5.09. The molecule has 0 aliphatic heterocycles. The Labute approximate surface area is 101 Å². The molecule has 0 saturated heterocycles. The Morgan fingerprint density at radius 3 is 2.94 bits per heavy atom. The monoisotopic (exact) mass is 232 g/mol. The van der Waals surface area contributed by atoms with E-state index in [2.05, 4.69) is 19.2 Å². The fourth-order valence-electron chi connectivity index (χ4n) is 1.30. The molecular weight excluding hydrogens is 216 g/mol. The number of nitriles is 1. The Bertz CT molecular complexity index is 422. The van der Waals surface area contributed by atoms with E-state index in [4.69, 9.17) is 10.00 Å². The maximum atomic E-state index is 11.3. The average molecular weight is 232 g/mol. The van der Waals surface area contributed by atoms with Crippen molar-refractivity contribution in [1.29, 1.82) is 5.26 Å². The van der Waals surface area contributed by atoms with E-state index in [9.17, 15) is 4.79 Å². The van der Waals surface area contributed by atoms with Crippen molar-refractivity contribution in [2.24, 2.45) is 0 Å². The largest absolute Gasteiger partial charge is 0.412 e. The molecule has 0 bridgehead atoms. The van der Waals surface area contributed by atoms with Gasteiger partial charge in [0.25, 0.3) is 0 Å². The summed E-state index contributed by atoms with van der Waals surface area (Å²) in [5.74, 6) is 0.908. The quantitative estimate of drug-likeness (QED) is 0.812. The van der Waals surface area contributed by atoms with Crippen molar-refractivity contribution in [2.45, 2.75) is 26.2 Å². The maximum Gasteiger partial charge on any atom is 0.412 e. The molecule has 0 fully saturated rings. The van der Waals surface area contributed by atoms with Gasteiger partial charge < -0.3 is 10.1 Å². The molecule has 1 N–H and O–H groups in total. The van der Waals surface area contributed by atoms with Crippen molar-refractivity contribution < 1.29 is 9.53 Å². The molecule has 0 radical (unpaired) electrons. The van der Waals surface area contributed by atoms with Gasteiger partial charge in [0.1, 0.15) is 5.75 Å². The van der Waals surface area contributed by atoms with Crippen LogP contribution in [0.25, 0.3) is 0 Å². The first-order chi connectivity index (χ1) is 8.13. The number of benzene rings is 1. The van der Waals surface area contributed by atoms with Crippen LogP contribution in [0.3, 0.4) is 0 Å². The molecule has 0 aliphatic carbocycles. The van der Waals surface area contributed by atoms with Crippen LogP contribution in [0.2, 0.25) is 0 Å². The summed E-state index contributed by atoms with van der Waals surface area (Å²) in [6, 6.07) is 9.36. The number of nitrogens with one attached hydrogen (secondary N) is 1. The Hall–Kier alpha value is -2.02. The zero-order valence-corrected chi connectivity index (χ0v) is 10.1. The second-order valence-corrected chi connectivity index (χ2v) is 3.95. The van der Waals surface area contributed by atoms with Gasteiger partial charge in [0.2, 0.25) is 0 Å². The Morgan fingerprint density at radius 2 is 2.29 bits per heavy atom. The number of rotatable bonds is 4. The number of carbonyl (C=O) groups excluding carboxylic acids is 1. The van der Waals surface area contributed by atoms with Gasteiger partial charge in [-0.05, 0) is 23.6 Å². The minimum atomic E-state index is -0.527. The molecule has 1 aromatic rings. The number of nitrogens with zero attached hydrogens (tertiary/aromatic N) is 1. The molecule has 1 aromatic carbocycles. The van der Waals surface area contributed by atoms with E-state index in [1.807, 2.05) is 24.3 Å². The fourth-order valence-corrected chi connectivity index (χ4v) is 1.30. The minimum Gasteiger partial charge on any atom is -0.410 e. The predicted molar refractivity (Wildman–Crippen MR) is 64.8 cm³/mol. The predicted octanol–water partition coefficient (Wildman–Crippen LogP) is 2.81. The van der Waals surface area contributed by atoms with Crippen LogP contribution in [0.1, 0.15) is 31.7 Å². The average Bonchev–Trinajstić information content (AvgIpc) is 2.29. The van der Waals surface area contributed by atoms with Gasteiger partial charge in [0.15, 0.2) is 0 Å². The van der Waals surface area contributed by atoms with Crippen LogP contribution in [-0.4, -0.2) is 12.6 Å². The summed E-state index contributed by atoms with van der Waals surface area (Å²) in [5, 5.41) is 10.8. The highest BCUT2D eigenvalue weighted by atomic mass is 16.5. The summed E-state index contributed by atoms with van der Waals surface area (Å²) in [5.41, 5.74) is 1.12. The Balaban J connectivity index is 2.54. The number of carbonyl (C=O) groups is 1. The summed E-state index contributed by atoms with van der Waals surface area (Å²) in [4.78, 5) is 11.3. The van der Waals surface area contributed by atoms with Crippen molar-refractivity contribution >= 4 is 6.09 Å². The molecule has 0 spiro atoms. The molecule has 4 heteroatoms. The summed E-state index contributed by atoms with van der Waals surface area (Å²) in [6.45, 7) is 4.46. The lowest BCUT2D eigenvalue weighted by Crippen LogP contribution is -2.27. The first kappa shape index (κ1) is 13.0. The van der Waals surface area contributed by atoms with Crippen LogP contribution in [0.4, 0.5) is 4.79 Å². The van der Waals surface area contributed by atoms with Crippen LogP contribution in [0.5, 0.6) is 5.75 Å². The molecular formula is C13H16N2O2. The van der Waals surface area contributed by atoms with Crippen molar-refractivity contribution in [3.05, 3.63) is 29.8 Å². The van der Waals surface area contributed by atoms with Crippen LogP contribution >= 0.6 is 0 Å². The van der Waals surface area contributed by atoms with Gasteiger partial charge >= 0.3 is 6.09 Å². The van der Waals surface area contributed by atoms with E-state index in [1.54, 1.807) is 6.07 Å². The van der Waals surface area contributed by atoms with Crippen molar-refractivity contribution in [1.82, 2.24) is 5.32 Å². The fraction of sp³-hybridized carbons (Fsp3) is 0.385. The molecule has 0 aromatic heterocycles. The molecule has 0 atom stereocenters. The molecule has 1 rings (SSSR count). The van der Waals surface area contributed by atoms with E-state index in [0.29, 0.717) is 18.2 Å². The minimum absolute atomic E-state index is 0.279. The molecule has 0 heterocycles. The zero-order chi connectivity index (χ0) is 12.7. The Morgan fingerprint density at radius 1 is 1.53 bits per heavy atom. The topological polar surface area (TPSA) is 62.1 Å². The standard InChI is InChI=1S/C13H16N2O2/c1-10(2)11-5-3-6-12(9-11)17-13(16)15-8-4-7-14/h3,5-6,9-10H,4,8H2,1-2H3,(H,15,16). The van der Waals surface area contributed by atoms with Gasteiger partial charge in [0.05, 0.1) is 12.5 Å². The highest BCUT2D eigenvalue weighted by Crippen LogP contribution is 2.20. The first-order valence-corrected chi connectivity index (χ1v) is 5.56. The second-order valence-electron chi connectivity index (χ2n) is 3.95. The lowest BCUT2D eigenvalue weighted by atomic mass is 10.0. The smallest absolute Gasteiger partial charge is 0.410 e. The molecule has 4 nitrogen and oxygen atoms in total. The molecule has 0 unspecified atom stereocenters. The van der Waals surface area contributed by atoms with Gasteiger partial charge in [0, 0.05) is 6.54 Å². The summed E-state index contributed by atoms with van der Waals surface area (Å²) in [6.07, 6.45) is -0.248. The third-order valence-corrected chi connectivity index (χ3v) is 2.24. The van der Waals surface area contributed by atoms with E-state index in [1.165, 1.54) is 0 Å². The number of ether oxygens (including phenoxy) is 1. The van der Waals surface area contributed by atoms with Crippen LogP contribution < -0.4 is 10.1 Å². The van der Waals surface area contributed by atoms with Gasteiger partial charge in [-0.15, -0.1) is 0 Å². The van der Waals surface area contributed by atoms with Gasteiger partial charge in [-0.1, -0.05) is 26.0 Å². The SMILES string of the molecule is CC(C)c1cccc(OC(=O)NCCC#N)c1. The zero-order valence-electron chi connectivity index (χ0n) is 10.1. The van der Waals surface area contributed by atoms with Crippen molar-refractivity contribution in [3.63, 3.8) is 0 Å². The molecule has 1 amide bonds. The molecule has 0 saturated carbocycles. The van der Waals surface area contributed by atoms with Crippen molar-refractivity contribution in [2.75, 3.05) is 6.54 Å². The van der Waals surface area contributed by atoms with Crippen molar-refractivity contribution in [3.8, 4) is 11.8 Å². The van der Waals surface area contributed by atoms with E-state index < -0.39 is 6.09 Å². The first-order valence-electron chi connectivity index (χ1n) is 5.56. The lowest BCUT2D eigenvalue weighted by Gasteiger charge is -2.08. The van der Waals surface area contributed by atoms with Gasteiger partial charge in [-0.3, -0.25) is 0 Å². The van der Waals surface area contributed by atoms with Gasteiger partial charge in [-0.25, -0.2) is 4.79 Å². The highest BCUT2D eigenvalue weighted by Gasteiger charge is 2.05. The van der Waals surface area contributed by atoms with Crippen LogP contribution in [0, 0.1) is 11.3 Å². The highest BCUT2D eigenvalue weighted by molar-refractivity contribution is 5.70. The number of hydrogen-bond donors (Lipinski definition) is 1. The van der Waals surface area contributed by atoms with Crippen LogP contribution in [0.15, 0.2) is 24.3 Å².